The maximum absolute atomic E-state index is 3.56. The topological polar surface area (TPSA) is 12.0 Å². The Kier molecular flexibility index (Phi) is 2.35. The van der Waals surface area contributed by atoms with Gasteiger partial charge in [0.25, 0.3) is 0 Å². The lowest BCUT2D eigenvalue weighted by atomic mass is 9.81. The normalized spacial score (nSPS) is 49.2. The first-order valence-corrected chi connectivity index (χ1v) is 4.37. The fourth-order valence-corrected chi connectivity index (χ4v) is 1.93. The summed E-state index contributed by atoms with van der Waals surface area (Å²) in [6.45, 7) is 9.27. The van der Waals surface area contributed by atoms with Crippen LogP contribution < -0.4 is 5.32 Å². The van der Waals surface area contributed by atoms with Crippen LogP contribution in [0.4, 0.5) is 0 Å². The molecule has 1 heterocycles. The number of nitrogens with one attached hydrogen (secondary N) is 1. The summed E-state index contributed by atoms with van der Waals surface area (Å²) in [6, 6.07) is 1.43. The number of piperidine rings is 1. The van der Waals surface area contributed by atoms with Crippen molar-refractivity contribution in [1.29, 1.82) is 0 Å². The van der Waals surface area contributed by atoms with Crippen molar-refractivity contribution in [3.8, 4) is 0 Å². The van der Waals surface area contributed by atoms with E-state index in [0.29, 0.717) is 6.04 Å². The molecule has 0 amide bonds. The van der Waals surface area contributed by atoms with Gasteiger partial charge in [-0.05, 0) is 32.1 Å². The molecule has 0 aromatic rings. The molecule has 0 aromatic heterocycles. The third-order valence-corrected chi connectivity index (χ3v) is 2.96. The Bertz CT molecular complexity index is 99.3. The molecule has 4 atom stereocenters. The quantitative estimate of drug-likeness (QED) is 0.544. The van der Waals surface area contributed by atoms with Crippen molar-refractivity contribution in [2.24, 2.45) is 11.8 Å². The minimum absolute atomic E-state index is 0.707. The molecule has 0 bridgehead atoms. The van der Waals surface area contributed by atoms with Crippen LogP contribution in [0.5, 0.6) is 0 Å². The van der Waals surface area contributed by atoms with E-state index in [-0.39, 0.29) is 0 Å². The average molecular weight is 141 g/mol. The molecule has 0 radical (unpaired) electrons. The summed E-state index contributed by atoms with van der Waals surface area (Å²) in [5.74, 6) is 1.74. The van der Waals surface area contributed by atoms with Crippen LogP contribution in [0.1, 0.15) is 34.1 Å². The van der Waals surface area contributed by atoms with Crippen molar-refractivity contribution in [3.63, 3.8) is 0 Å². The van der Waals surface area contributed by atoms with Crippen LogP contribution in [0.3, 0.4) is 0 Å². The second-order valence-corrected chi connectivity index (χ2v) is 3.93. The largest absolute Gasteiger partial charge is 0.311 e. The molecule has 1 rings (SSSR count). The summed E-state index contributed by atoms with van der Waals surface area (Å²) in [4.78, 5) is 0. The van der Waals surface area contributed by atoms with Gasteiger partial charge in [0.05, 0.1) is 0 Å². The summed E-state index contributed by atoms with van der Waals surface area (Å²) in [5, 5.41) is 3.56. The van der Waals surface area contributed by atoms with Crippen molar-refractivity contribution >= 4 is 0 Å². The second-order valence-electron chi connectivity index (χ2n) is 3.93. The van der Waals surface area contributed by atoms with Gasteiger partial charge >= 0.3 is 0 Å². The summed E-state index contributed by atoms with van der Waals surface area (Å²) >= 11 is 0. The SMILES string of the molecule is CC1CC(C)[C@@H](C)[C@@H](C)N1. The average Bonchev–Trinajstić information content (AvgIpc) is 1.82. The van der Waals surface area contributed by atoms with Crippen LogP contribution in [0.25, 0.3) is 0 Å². The third kappa shape index (κ3) is 1.51. The second kappa shape index (κ2) is 2.91. The van der Waals surface area contributed by atoms with Crippen LogP contribution in [-0.4, -0.2) is 12.1 Å². The predicted octanol–water partition coefficient (Wildman–Crippen LogP) is 2.03. The standard InChI is InChI=1S/C9H19N/c1-6-5-7(2)10-9(4)8(6)3/h6-10H,5H2,1-4H3/t6?,7?,8-,9-/m1/s1. The molecule has 0 aromatic carbocycles. The zero-order valence-electron chi connectivity index (χ0n) is 7.52. The molecular formula is C9H19N. The fourth-order valence-electron chi connectivity index (χ4n) is 1.93. The van der Waals surface area contributed by atoms with Gasteiger partial charge < -0.3 is 5.32 Å². The van der Waals surface area contributed by atoms with Crippen LogP contribution in [0.2, 0.25) is 0 Å². The maximum Gasteiger partial charge on any atom is 0.00693 e. The highest BCUT2D eigenvalue weighted by molar-refractivity contribution is 4.83. The van der Waals surface area contributed by atoms with Gasteiger partial charge in [0.15, 0.2) is 0 Å². The molecule has 60 valence electrons. The monoisotopic (exact) mass is 141 g/mol. The van der Waals surface area contributed by atoms with Crippen molar-refractivity contribution in [3.05, 3.63) is 0 Å². The highest BCUT2D eigenvalue weighted by Gasteiger charge is 2.26. The first kappa shape index (κ1) is 8.06. The van der Waals surface area contributed by atoms with Crippen LogP contribution >= 0.6 is 0 Å². The Morgan fingerprint density at radius 2 is 1.70 bits per heavy atom. The fraction of sp³-hybridized carbons (Fsp3) is 1.00. The highest BCUT2D eigenvalue weighted by Crippen LogP contribution is 2.25. The van der Waals surface area contributed by atoms with Gasteiger partial charge in [-0.1, -0.05) is 13.8 Å². The number of rotatable bonds is 0. The van der Waals surface area contributed by atoms with E-state index >= 15 is 0 Å². The lowest BCUT2D eigenvalue weighted by molar-refractivity contribution is 0.194. The van der Waals surface area contributed by atoms with Gasteiger partial charge in [-0.3, -0.25) is 0 Å². The lowest BCUT2D eigenvalue weighted by Gasteiger charge is -2.36. The Morgan fingerprint density at radius 3 is 2.20 bits per heavy atom. The summed E-state index contributed by atoms with van der Waals surface area (Å²) < 4.78 is 0. The first-order chi connectivity index (χ1) is 4.61. The van der Waals surface area contributed by atoms with E-state index < -0.39 is 0 Å². The zero-order chi connectivity index (χ0) is 7.72. The zero-order valence-corrected chi connectivity index (χ0v) is 7.52. The Balaban J connectivity index is 2.49. The van der Waals surface area contributed by atoms with E-state index in [9.17, 15) is 0 Å². The highest BCUT2D eigenvalue weighted by atomic mass is 15.0. The van der Waals surface area contributed by atoms with Gasteiger partial charge in [-0.15, -0.1) is 0 Å². The first-order valence-electron chi connectivity index (χ1n) is 4.37. The Hall–Kier alpha value is -0.0400. The van der Waals surface area contributed by atoms with Crippen molar-refractivity contribution < 1.29 is 0 Å². The van der Waals surface area contributed by atoms with Crippen LogP contribution in [0.15, 0.2) is 0 Å². The van der Waals surface area contributed by atoms with Crippen molar-refractivity contribution in [2.75, 3.05) is 0 Å². The van der Waals surface area contributed by atoms with E-state index in [1.807, 2.05) is 0 Å². The van der Waals surface area contributed by atoms with E-state index in [1.165, 1.54) is 6.42 Å². The molecule has 2 unspecified atom stereocenters. The van der Waals surface area contributed by atoms with Gasteiger partial charge in [0.2, 0.25) is 0 Å². The molecule has 1 aliphatic heterocycles. The smallest absolute Gasteiger partial charge is 0.00693 e. The molecule has 1 nitrogen and oxygen atoms in total. The molecule has 0 saturated carbocycles. The predicted molar refractivity (Wildman–Crippen MR) is 45.0 cm³/mol. The van der Waals surface area contributed by atoms with Crippen molar-refractivity contribution in [2.45, 2.75) is 46.2 Å². The van der Waals surface area contributed by atoms with Gasteiger partial charge in [-0.25, -0.2) is 0 Å². The summed E-state index contributed by atoms with van der Waals surface area (Å²) in [7, 11) is 0. The van der Waals surface area contributed by atoms with Gasteiger partial charge in [-0.2, -0.15) is 0 Å². The molecule has 1 heteroatoms. The van der Waals surface area contributed by atoms with E-state index in [4.69, 9.17) is 0 Å². The minimum Gasteiger partial charge on any atom is -0.311 e. The van der Waals surface area contributed by atoms with E-state index in [2.05, 4.69) is 33.0 Å². The number of hydrogen-bond donors (Lipinski definition) is 1. The molecule has 0 aliphatic carbocycles. The molecule has 10 heavy (non-hydrogen) atoms. The third-order valence-electron chi connectivity index (χ3n) is 2.96. The molecule has 1 aliphatic rings. The van der Waals surface area contributed by atoms with E-state index in [1.54, 1.807) is 0 Å². The Morgan fingerprint density at radius 1 is 1.10 bits per heavy atom. The Labute approximate surface area is 64.2 Å². The summed E-state index contributed by atoms with van der Waals surface area (Å²) in [5.41, 5.74) is 0. The molecule has 1 N–H and O–H groups in total. The van der Waals surface area contributed by atoms with Crippen LogP contribution in [-0.2, 0) is 0 Å². The van der Waals surface area contributed by atoms with E-state index in [0.717, 1.165) is 17.9 Å². The summed E-state index contributed by atoms with van der Waals surface area (Å²) in [6.07, 6.45) is 1.34. The van der Waals surface area contributed by atoms with Crippen LogP contribution in [0, 0.1) is 11.8 Å². The molecule has 1 fully saturated rings. The molecule has 0 spiro atoms. The van der Waals surface area contributed by atoms with Crippen molar-refractivity contribution in [1.82, 2.24) is 5.32 Å². The minimum atomic E-state index is 0.707. The molecular weight excluding hydrogens is 122 g/mol. The maximum atomic E-state index is 3.56. The van der Waals surface area contributed by atoms with Gasteiger partial charge in [0.1, 0.15) is 0 Å². The number of hydrogen-bond acceptors (Lipinski definition) is 1. The lowest BCUT2D eigenvalue weighted by Crippen LogP contribution is -2.47. The molecule has 1 saturated heterocycles. The van der Waals surface area contributed by atoms with Gasteiger partial charge in [0, 0.05) is 12.1 Å².